The number of ether oxygens (including phenoxy) is 3. The lowest BCUT2D eigenvalue weighted by atomic mass is 9.73. The Morgan fingerprint density at radius 1 is 1.12 bits per heavy atom. The van der Waals surface area contributed by atoms with Crippen molar-refractivity contribution in [2.24, 2.45) is 11.3 Å². The SMILES string of the molecule is O=C(O)C1(CN2CCC(COc3noc4cccc(OC5CCOCC5)c34)CC2)CCCCC1. The number of rotatable bonds is 8. The van der Waals surface area contributed by atoms with Crippen molar-refractivity contribution in [2.75, 3.05) is 39.5 Å². The molecule has 1 saturated carbocycles. The van der Waals surface area contributed by atoms with Gasteiger partial charge in [0, 0.05) is 19.4 Å². The molecule has 2 aromatic rings. The smallest absolute Gasteiger partial charge is 0.310 e. The molecule has 186 valence electrons. The van der Waals surface area contributed by atoms with Crippen molar-refractivity contribution in [1.29, 1.82) is 0 Å². The predicted molar refractivity (Wildman–Crippen MR) is 126 cm³/mol. The molecule has 2 aliphatic heterocycles. The molecule has 3 heterocycles. The summed E-state index contributed by atoms with van der Waals surface area (Å²) in [6, 6.07) is 5.75. The Bertz CT molecular complexity index is 955. The second kappa shape index (κ2) is 10.5. The van der Waals surface area contributed by atoms with Gasteiger partial charge in [-0.2, -0.15) is 0 Å². The van der Waals surface area contributed by atoms with Crippen molar-refractivity contribution in [2.45, 2.75) is 63.9 Å². The first kappa shape index (κ1) is 23.4. The van der Waals surface area contributed by atoms with Crippen LogP contribution in [0.2, 0.25) is 0 Å². The normalized spacial score (nSPS) is 22.6. The highest BCUT2D eigenvalue weighted by atomic mass is 16.5. The van der Waals surface area contributed by atoms with Crippen LogP contribution in [0.25, 0.3) is 11.0 Å². The van der Waals surface area contributed by atoms with Gasteiger partial charge in [0.25, 0.3) is 5.88 Å². The molecule has 0 amide bonds. The van der Waals surface area contributed by atoms with Gasteiger partial charge in [-0.15, -0.1) is 0 Å². The number of aromatic nitrogens is 1. The topological polar surface area (TPSA) is 94.3 Å². The highest BCUT2D eigenvalue weighted by Gasteiger charge is 2.41. The van der Waals surface area contributed by atoms with Gasteiger partial charge in [0.2, 0.25) is 0 Å². The molecule has 5 rings (SSSR count). The molecule has 3 aliphatic rings. The van der Waals surface area contributed by atoms with Gasteiger partial charge in [0.05, 0.1) is 25.2 Å². The second-order valence-corrected chi connectivity index (χ2v) is 10.2. The molecule has 0 bridgehead atoms. The van der Waals surface area contributed by atoms with Crippen LogP contribution in [0.4, 0.5) is 0 Å². The van der Waals surface area contributed by atoms with Gasteiger partial charge in [-0.1, -0.05) is 25.3 Å². The molecule has 1 aromatic heterocycles. The summed E-state index contributed by atoms with van der Waals surface area (Å²) in [6.07, 6.45) is 8.71. The van der Waals surface area contributed by atoms with Crippen LogP contribution in [0.3, 0.4) is 0 Å². The summed E-state index contributed by atoms with van der Waals surface area (Å²) in [5.41, 5.74) is 0.114. The Hall–Kier alpha value is -2.32. The molecule has 8 heteroatoms. The van der Waals surface area contributed by atoms with E-state index in [4.69, 9.17) is 18.7 Å². The minimum absolute atomic E-state index is 0.129. The van der Waals surface area contributed by atoms with E-state index in [1.807, 2.05) is 18.2 Å². The van der Waals surface area contributed by atoms with E-state index in [9.17, 15) is 9.90 Å². The van der Waals surface area contributed by atoms with Crippen LogP contribution < -0.4 is 9.47 Å². The molecule has 1 aromatic carbocycles. The Morgan fingerprint density at radius 2 is 1.88 bits per heavy atom. The first-order chi connectivity index (χ1) is 16.6. The molecule has 2 saturated heterocycles. The number of hydrogen-bond donors (Lipinski definition) is 1. The van der Waals surface area contributed by atoms with Crippen molar-refractivity contribution in [3.63, 3.8) is 0 Å². The van der Waals surface area contributed by atoms with E-state index in [0.29, 0.717) is 30.5 Å². The Balaban J connectivity index is 1.16. The highest BCUT2D eigenvalue weighted by molar-refractivity contribution is 5.88. The third-order valence-corrected chi connectivity index (χ3v) is 7.84. The number of nitrogens with zero attached hydrogens (tertiary/aromatic N) is 2. The third-order valence-electron chi connectivity index (χ3n) is 7.84. The van der Waals surface area contributed by atoms with Gasteiger partial charge in [-0.3, -0.25) is 4.79 Å². The maximum absolute atomic E-state index is 12.0. The van der Waals surface area contributed by atoms with E-state index in [2.05, 4.69) is 10.1 Å². The Labute approximate surface area is 200 Å². The summed E-state index contributed by atoms with van der Waals surface area (Å²) in [7, 11) is 0. The molecular weight excluding hydrogens is 436 g/mol. The number of fused-ring (bicyclic) bond motifs is 1. The Kier molecular flexibility index (Phi) is 7.25. The number of aliphatic carboxylic acids is 1. The molecule has 3 fully saturated rings. The molecule has 1 N–H and O–H groups in total. The van der Waals surface area contributed by atoms with Crippen LogP contribution in [0.15, 0.2) is 22.7 Å². The van der Waals surface area contributed by atoms with Crippen LogP contribution >= 0.6 is 0 Å². The number of hydrogen-bond acceptors (Lipinski definition) is 7. The zero-order chi connectivity index (χ0) is 23.4. The first-order valence-corrected chi connectivity index (χ1v) is 12.8. The lowest BCUT2D eigenvalue weighted by Crippen LogP contribution is -2.47. The number of carbonyl (C=O) groups is 1. The largest absolute Gasteiger partial charge is 0.489 e. The molecule has 0 radical (unpaired) electrons. The van der Waals surface area contributed by atoms with Gasteiger partial charge in [-0.25, -0.2) is 0 Å². The van der Waals surface area contributed by atoms with Crippen LogP contribution in [-0.4, -0.2) is 66.7 Å². The minimum atomic E-state index is -0.616. The van der Waals surface area contributed by atoms with Crippen LogP contribution in [-0.2, 0) is 9.53 Å². The highest BCUT2D eigenvalue weighted by Crippen LogP contribution is 2.39. The second-order valence-electron chi connectivity index (χ2n) is 10.2. The van der Waals surface area contributed by atoms with E-state index >= 15 is 0 Å². The van der Waals surface area contributed by atoms with Crippen molar-refractivity contribution in [3.05, 3.63) is 18.2 Å². The number of carboxylic acid groups (broad SMARTS) is 1. The third kappa shape index (κ3) is 5.18. The molecule has 8 nitrogen and oxygen atoms in total. The summed E-state index contributed by atoms with van der Waals surface area (Å²) < 4.78 is 23.4. The molecule has 0 atom stereocenters. The van der Waals surface area contributed by atoms with Crippen LogP contribution in [0.5, 0.6) is 11.6 Å². The molecule has 0 unspecified atom stereocenters. The summed E-state index contributed by atoms with van der Waals surface area (Å²) in [6.45, 7) is 4.53. The maximum Gasteiger partial charge on any atom is 0.310 e. The fourth-order valence-corrected chi connectivity index (χ4v) is 5.71. The molecule has 34 heavy (non-hydrogen) atoms. The van der Waals surface area contributed by atoms with Crippen molar-refractivity contribution >= 4 is 16.9 Å². The lowest BCUT2D eigenvalue weighted by Gasteiger charge is -2.40. The van der Waals surface area contributed by atoms with Crippen LogP contribution in [0, 0.1) is 11.3 Å². The summed E-state index contributed by atoms with van der Waals surface area (Å²) >= 11 is 0. The average molecular weight is 473 g/mol. The Morgan fingerprint density at radius 3 is 2.62 bits per heavy atom. The summed E-state index contributed by atoms with van der Waals surface area (Å²) in [5, 5.41) is 14.9. The summed E-state index contributed by atoms with van der Waals surface area (Å²) in [5.74, 6) is 1.04. The first-order valence-electron chi connectivity index (χ1n) is 12.8. The predicted octanol–water partition coefficient (Wildman–Crippen LogP) is 4.51. The van der Waals surface area contributed by atoms with Crippen LogP contribution in [0.1, 0.15) is 57.8 Å². The number of likely N-dealkylation sites (tertiary alicyclic amines) is 1. The number of carboxylic acids is 1. The zero-order valence-corrected chi connectivity index (χ0v) is 19.9. The van der Waals surface area contributed by atoms with Gasteiger partial charge in [-0.05, 0) is 62.0 Å². The van der Waals surface area contributed by atoms with Gasteiger partial charge < -0.3 is 28.7 Å². The van der Waals surface area contributed by atoms with Gasteiger partial charge in [0.15, 0.2) is 5.58 Å². The number of benzene rings is 1. The maximum atomic E-state index is 12.0. The quantitative estimate of drug-likeness (QED) is 0.600. The van der Waals surface area contributed by atoms with Gasteiger partial charge in [0.1, 0.15) is 17.2 Å². The van der Waals surface area contributed by atoms with E-state index in [-0.39, 0.29) is 6.10 Å². The van der Waals surface area contributed by atoms with Crippen molar-refractivity contribution in [3.8, 4) is 11.6 Å². The standard InChI is InChI=1S/C26H36N2O6/c29-25(30)26(11-2-1-3-12-26)18-28-13-7-19(8-14-28)17-32-24-23-21(5-4-6-22(23)34-27-24)33-20-9-15-31-16-10-20/h4-6,19-20H,1-3,7-18H2,(H,29,30). The monoisotopic (exact) mass is 472 g/mol. The van der Waals surface area contributed by atoms with E-state index in [1.165, 1.54) is 0 Å². The van der Waals surface area contributed by atoms with E-state index < -0.39 is 11.4 Å². The molecular formula is C26H36N2O6. The average Bonchev–Trinajstić information content (AvgIpc) is 3.29. The summed E-state index contributed by atoms with van der Waals surface area (Å²) in [4.78, 5) is 14.4. The lowest BCUT2D eigenvalue weighted by molar-refractivity contribution is -0.152. The fourth-order valence-electron chi connectivity index (χ4n) is 5.71. The fraction of sp³-hybridized carbons (Fsp3) is 0.692. The molecule has 1 aliphatic carbocycles. The van der Waals surface area contributed by atoms with E-state index in [0.717, 1.165) is 95.2 Å². The van der Waals surface area contributed by atoms with Gasteiger partial charge >= 0.3 is 5.97 Å². The van der Waals surface area contributed by atoms with Crippen molar-refractivity contribution < 1.29 is 28.6 Å². The van der Waals surface area contributed by atoms with Crippen molar-refractivity contribution in [1.82, 2.24) is 10.1 Å². The minimum Gasteiger partial charge on any atom is -0.489 e. The zero-order valence-electron chi connectivity index (χ0n) is 19.9. The van der Waals surface area contributed by atoms with E-state index in [1.54, 1.807) is 0 Å². The molecule has 0 spiro atoms. The number of piperidine rings is 1.